The van der Waals surface area contributed by atoms with E-state index in [4.69, 9.17) is 4.98 Å². The van der Waals surface area contributed by atoms with Gasteiger partial charge in [0.2, 0.25) is 0 Å². The lowest BCUT2D eigenvalue weighted by Gasteiger charge is -2.30. The Morgan fingerprint density at radius 2 is 1.68 bits per heavy atom. The van der Waals surface area contributed by atoms with Crippen molar-refractivity contribution in [1.82, 2.24) is 9.38 Å². The first-order valence-electron chi connectivity index (χ1n) is 7.90. The van der Waals surface area contributed by atoms with Gasteiger partial charge in [-0.2, -0.15) is 0 Å². The largest absolute Gasteiger partial charge is 0.296 e. The van der Waals surface area contributed by atoms with Crippen LogP contribution in [0.2, 0.25) is 13.1 Å². The second-order valence-corrected chi connectivity index (χ2v) is 11.8. The van der Waals surface area contributed by atoms with Gasteiger partial charge in [0, 0.05) is 16.5 Å². The fraction of sp³-hybridized carbons (Fsp3) is 0.211. The first-order valence-corrected chi connectivity index (χ1v) is 11.1. The van der Waals surface area contributed by atoms with Gasteiger partial charge in [-0.3, -0.25) is 4.40 Å². The molecule has 2 aromatic heterocycles. The molecule has 3 heteroatoms. The molecule has 4 aromatic rings. The molecule has 108 valence electrons. The highest BCUT2D eigenvalue weighted by molar-refractivity contribution is 6.91. The standard InChI is InChI=1S/C19H18N2Si/c1-12-16-11-22(2,3)17-10-6-9-14-13-7-4-5-8-15(13)19(20-12)21(16)18(14)17/h4-10H,11H2,1-3H3. The van der Waals surface area contributed by atoms with Gasteiger partial charge in [0.05, 0.1) is 19.3 Å². The predicted molar refractivity (Wildman–Crippen MR) is 95.8 cm³/mol. The van der Waals surface area contributed by atoms with Gasteiger partial charge in [0.15, 0.2) is 0 Å². The first-order chi connectivity index (χ1) is 10.6. The van der Waals surface area contributed by atoms with Crippen molar-refractivity contribution in [3.63, 3.8) is 0 Å². The summed E-state index contributed by atoms with van der Waals surface area (Å²) in [6, 6.07) is 16.7. The van der Waals surface area contributed by atoms with Crippen LogP contribution in [0.1, 0.15) is 11.4 Å². The predicted octanol–water partition coefficient (Wildman–Crippen LogP) is 3.96. The smallest absolute Gasteiger partial charge is 0.145 e. The maximum Gasteiger partial charge on any atom is 0.145 e. The van der Waals surface area contributed by atoms with Crippen LogP contribution in [0.3, 0.4) is 0 Å². The summed E-state index contributed by atoms with van der Waals surface area (Å²) in [5.41, 5.74) is 5.18. The molecule has 1 aliphatic heterocycles. The van der Waals surface area contributed by atoms with Gasteiger partial charge in [0.1, 0.15) is 5.65 Å². The highest BCUT2D eigenvalue weighted by Gasteiger charge is 2.34. The van der Waals surface area contributed by atoms with Crippen molar-refractivity contribution in [2.75, 3.05) is 0 Å². The molecule has 0 fully saturated rings. The lowest BCUT2D eigenvalue weighted by atomic mass is 10.1. The molecule has 0 saturated carbocycles. The average molecular weight is 302 g/mol. The third-order valence-electron chi connectivity index (χ3n) is 5.23. The van der Waals surface area contributed by atoms with Gasteiger partial charge >= 0.3 is 0 Å². The molecule has 0 radical (unpaired) electrons. The molecule has 0 atom stereocenters. The summed E-state index contributed by atoms with van der Waals surface area (Å²) < 4.78 is 2.45. The Labute approximate surface area is 130 Å². The second-order valence-electron chi connectivity index (χ2n) is 7.11. The Hall–Kier alpha value is -2.13. The van der Waals surface area contributed by atoms with Crippen LogP contribution in [0.5, 0.6) is 0 Å². The van der Waals surface area contributed by atoms with E-state index in [1.165, 1.54) is 39.1 Å². The number of hydrogen-bond acceptors (Lipinski definition) is 1. The van der Waals surface area contributed by atoms with E-state index in [0.29, 0.717) is 0 Å². The third-order valence-corrected chi connectivity index (χ3v) is 8.31. The van der Waals surface area contributed by atoms with Gasteiger partial charge < -0.3 is 0 Å². The van der Waals surface area contributed by atoms with Crippen molar-refractivity contribution in [1.29, 1.82) is 0 Å². The van der Waals surface area contributed by atoms with E-state index in [-0.39, 0.29) is 0 Å². The van der Waals surface area contributed by atoms with Crippen molar-refractivity contribution < 1.29 is 0 Å². The van der Waals surface area contributed by atoms with Crippen LogP contribution in [-0.4, -0.2) is 17.5 Å². The summed E-state index contributed by atoms with van der Waals surface area (Å²) in [5, 5.41) is 5.54. The van der Waals surface area contributed by atoms with Crippen LogP contribution >= 0.6 is 0 Å². The second kappa shape index (κ2) is 3.79. The molecular weight excluding hydrogens is 284 g/mol. The summed E-state index contributed by atoms with van der Waals surface area (Å²) in [7, 11) is -1.46. The first kappa shape index (κ1) is 12.4. The fourth-order valence-corrected chi connectivity index (χ4v) is 7.04. The van der Waals surface area contributed by atoms with Crippen molar-refractivity contribution in [2.24, 2.45) is 0 Å². The summed E-state index contributed by atoms with van der Waals surface area (Å²) >= 11 is 0. The van der Waals surface area contributed by atoms with Gasteiger partial charge in [0.25, 0.3) is 0 Å². The minimum Gasteiger partial charge on any atom is -0.296 e. The molecule has 0 spiro atoms. The molecule has 0 unspecified atom stereocenters. The van der Waals surface area contributed by atoms with E-state index in [0.717, 1.165) is 5.65 Å². The minimum atomic E-state index is -1.46. The number of rotatable bonds is 0. The SMILES string of the molecule is Cc1nc2c3ccccc3c3cccc4c3n2c1C[Si]4(C)C. The number of para-hydroxylation sites is 1. The molecule has 0 saturated heterocycles. The van der Waals surface area contributed by atoms with E-state index < -0.39 is 8.07 Å². The molecule has 3 heterocycles. The third kappa shape index (κ3) is 1.33. The fourth-order valence-electron chi connectivity index (χ4n) is 4.17. The number of nitrogens with zero attached hydrogens (tertiary/aromatic N) is 2. The number of aromatic nitrogens is 2. The summed E-state index contributed by atoms with van der Waals surface area (Å²) in [6.45, 7) is 7.14. The Balaban J connectivity index is 2.22. The molecule has 22 heavy (non-hydrogen) atoms. The van der Waals surface area contributed by atoms with E-state index >= 15 is 0 Å². The van der Waals surface area contributed by atoms with E-state index in [2.05, 4.69) is 66.9 Å². The molecule has 0 N–H and O–H groups in total. The van der Waals surface area contributed by atoms with Gasteiger partial charge in [-0.25, -0.2) is 4.98 Å². The lowest BCUT2D eigenvalue weighted by molar-refractivity contribution is 1.08. The Morgan fingerprint density at radius 1 is 0.955 bits per heavy atom. The van der Waals surface area contributed by atoms with Crippen LogP contribution in [0.25, 0.3) is 27.3 Å². The van der Waals surface area contributed by atoms with Crippen molar-refractivity contribution in [2.45, 2.75) is 26.1 Å². The zero-order chi connectivity index (χ0) is 15.1. The molecule has 5 rings (SSSR count). The molecule has 1 aliphatic rings. The molecule has 0 bridgehead atoms. The lowest BCUT2D eigenvalue weighted by Crippen LogP contribution is -2.47. The summed E-state index contributed by atoms with van der Waals surface area (Å²) in [5.74, 6) is 0. The van der Waals surface area contributed by atoms with Gasteiger partial charge in [-0.1, -0.05) is 55.6 Å². The van der Waals surface area contributed by atoms with Crippen molar-refractivity contribution in [3.05, 3.63) is 53.9 Å². The van der Waals surface area contributed by atoms with Crippen molar-refractivity contribution >= 4 is 40.6 Å². The Morgan fingerprint density at radius 3 is 2.50 bits per heavy atom. The number of pyridine rings is 1. The summed E-state index contributed by atoms with van der Waals surface area (Å²) in [4.78, 5) is 4.95. The summed E-state index contributed by atoms with van der Waals surface area (Å²) in [6.07, 6.45) is 0. The normalized spacial score (nSPS) is 16.1. The molecule has 2 nitrogen and oxygen atoms in total. The van der Waals surface area contributed by atoms with Crippen LogP contribution in [0.4, 0.5) is 0 Å². The quantitative estimate of drug-likeness (QED) is 0.355. The number of aryl methyl sites for hydroxylation is 1. The minimum absolute atomic E-state index is 1.13. The van der Waals surface area contributed by atoms with E-state index in [1.807, 2.05) is 0 Å². The van der Waals surface area contributed by atoms with Crippen LogP contribution in [0.15, 0.2) is 42.5 Å². The van der Waals surface area contributed by atoms with Crippen molar-refractivity contribution in [3.8, 4) is 0 Å². The topological polar surface area (TPSA) is 17.3 Å². The highest BCUT2D eigenvalue weighted by Crippen LogP contribution is 2.34. The monoisotopic (exact) mass is 302 g/mol. The zero-order valence-corrected chi connectivity index (χ0v) is 14.1. The molecule has 0 amide bonds. The molecular formula is C19H18N2Si. The number of imidazole rings is 1. The highest BCUT2D eigenvalue weighted by atomic mass is 28.3. The maximum absolute atomic E-state index is 4.95. The van der Waals surface area contributed by atoms with Crippen LogP contribution < -0.4 is 5.19 Å². The molecule has 2 aromatic carbocycles. The maximum atomic E-state index is 4.95. The number of benzene rings is 2. The number of fused-ring (bicyclic) bond motifs is 3. The average Bonchev–Trinajstić information content (AvgIpc) is 2.84. The van der Waals surface area contributed by atoms with E-state index in [1.54, 1.807) is 5.19 Å². The number of hydrogen-bond donors (Lipinski definition) is 0. The van der Waals surface area contributed by atoms with Gasteiger partial charge in [-0.15, -0.1) is 0 Å². The zero-order valence-electron chi connectivity index (χ0n) is 13.1. The van der Waals surface area contributed by atoms with E-state index in [9.17, 15) is 0 Å². The van der Waals surface area contributed by atoms with Gasteiger partial charge in [-0.05, 0) is 23.5 Å². The molecule has 0 aliphatic carbocycles. The Bertz CT molecular complexity index is 1090. The van der Waals surface area contributed by atoms with Crippen LogP contribution in [-0.2, 0) is 6.04 Å². The Kier molecular flexibility index (Phi) is 2.14. The van der Waals surface area contributed by atoms with Crippen LogP contribution in [0, 0.1) is 6.92 Å².